The van der Waals surface area contributed by atoms with Crippen molar-refractivity contribution >= 4 is 11.5 Å². The molecule has 0 radical (unpaired) electrons. The first-order valence-electron chi connectivity index (χ1n) is 6.53. The van der Waals surface area contributed by atoms with Crippen molar-refractivity contribution in [2.24, 2.45) is 5.73 Å². The van der Waals surface area contributed by atoms with E-state index in [1.54, 1.807) is 0 Å². The van der Waals surface area contributed by atoms with Gasteiger partial charge in [0.15, 0.2) is 0 Å². The Morgan fingerprint density at radius 1 is 1.42 bits per heavy atom. The van der Waals surface area contributed by atoms with Crippen LogP contribution in [-0.4, -0.2) is 32.2 Å². The average Bonchev–Trinajstić information content (AvgIpc) is 2.48. The van der Waals surface area contributed by atoms with Crippen LogP contribution in [0.15, 0.2) is 30.3 Å². The topological polar surface area (TPSA) is 64.3 Å². The van der Waals surface area contributed by atoms with Gasteiger partial charge in [0.1, 0.15) is 6.04 Å². The number of carbonyl (C=O) groups is 1. The molecular weight excluding hydrogens is 240 g/mol. The average molecular weight is 260 g/mol. The molecule has 1 aliphatic heterocycles. The SMILES string of the molecule is COC(=O)C(N)Cc1ccc(C2=CCNCC2)cc1. The Morgan fingerprint density at radius 2 is 2.16 bits per heavy atom. The maximum Gasteiger partial charge on any atom is 0.322 e. The quantitative estimate of drug-likeness (QED) is 0.796. The number of carbonyl (C=O) groups excluding carboxylic acids is 1. The molecule has 0 amide bonds. The van der Waals surface area contributed by atoms with Crippen molar-refractivity contribution in [2.45, 2.75) is 18.9 Å². The van der Waals surface area contributed by atoms with Gasteiger partial charge < -0.3 is 15.8 Å². The third kappa shape index (κ3) is 3.66. The van der Waals surface area contributed by atoms with E-state index in [1.807, 2.05) is 12.1 Å². The molecule has 19 heavy (non-hydrogen) atoms. The number of methoxy groups -OCH3 is 1. The number of hydrogen-bond acceptors (Lipinski definition) is 4. The van der Waals surface area contributed by atoms with Gasteiger partial charge in [-0.15, -0.1) is 0 Å². The standard InChI is InChI=1S/C15H20N2O2/c1-19-15(18)14(16)10-11-2-4-12(5-3-11)13-6-8-17-9-7-13/h2-6,14,17H,7-10,16H2,1H3. The maximum atomic E-state index is 11.3. The van der Waals surface area contributed by atoms with E-state index in [0.717, 1.165) is 25.1 Å². The van der Waals surface area contributed by atoms with Crippen molar-refractivity contribution in [3.63, 3.8) is 0 Å². The Kier molecular flexibility index (Phi) is 4.71. The number of nitrogens with two attached hydrogens (primary N) is 1. The van der Waals surface area contributed by atoms with Crippen LogP contribution in [0.4, 0.5) is 0 Å². The smallest absolute Gasteiger partial charge is 0.322 e. The monoisotopic (exact) mass is 260 g/mol. The Morgan fingerprint density at radius 3 is 2.74 bits per heavy atom. The van der Waals surface area contributed by atoms with Crippen molar-refractivity contribution in [3.8, 4) is 0 Å². The third-order valence-electron chi connectivity index (χ3n) is 3.35. The Hall–Kier alpha value is -1.65. The van der Waals surface area contributed by atoms with E-state index < -0.39 is 6.04 Å². The molecule has 0 saturated carbocycles. The molecule has 1 heterocycles. The second-order valence-corrected chi connectivity index (χ2v) is 4.71. The van der Waals surface area contributed by atoms with Gasteiger partial charge in [0.05, 0.1) is 7.11 Å². The molecule has 0 saturated heterocycles. The molecule has 0 aromatic heterocycles. The molecule has 102 valence electrons. The number of esters is 1. The zero-order chi connectivity index (χ0) is 13.7. The maximum absolute atomic E-state index is 11.3. The summed E-state index contributed by atoms with van der Waals surface area (Å²) in [7, 11) is 1.36. The first kappa shape index (κ1) is 13.8. The number of hydrogen-bond donors (Lipinski definition) is 2. The van der Waals surface area contributed by atoms with Crippen molar-refractivity contribution in [1.82, 2.24) is 5.32 Å². The van der Waals surface area contributed by atoms with E-state index in [1.165, 1.54) is 18.2 Å². The van der Waals surface area contributed by atoms with Gasteiger partial charge in [0.2, 0.25) is 0 Å². The normalized spacial score (nSPS) is 16.6. The van der Waals surface area contributed by atoms with Gasteiger partial charge in [-0.1, -0.05) is 30.3 Å². The van der Waals surface area contributed by atoms with Crippen LogP contribution in [-0.2, 0) is 16.0 Å². The van der Waals surface area contributed by atoms with E-state index >= 15 is 0 Å². The largest absolute Gasteiger partial charge is 0.468 e. The number of ether oxygens (including phenoxy) is 1. The van der Waals surface area contributed by atoms with Crippen LogP contribution >= 0.6 is 0 Å². The summed E-state index contributed by atoms with van der Waals surface area (Å²) < 4.78 is 4.62. The predicted molar refractivity (Wildman–Crippen MR) is 75.6 cm³/mol. The van der Waals surface area contributed by atoms with Crippen molar-refractivity contribution in [2.75, 3.05) is 20.2 Å². The van der Waals surface area contributed by atoms with Gasteiger partial charge in [-0.25, -0.2) is 0 Å². The molecule has 1 atom stereocenters. The minimum absolute atomic E-state index is 0.370. The van der Waals surface area contributed by atoms with E-state index in [9.17, 15) is 4.79 Å². The van der Waals surface area contributed by atoms with E-state index in [0.29, 0.717) is 6.42 Å². The highest BCUT2D eigenvalue weighted by molar-refractivity contribution is 5.75. The summed E-state index contributed by atoms with van der Waals surface area (Å²) >= 11 is 0. The Labute approximate surface area is 113 Å². The summed E-state index contributed by atoms with van der Waals surface area (Å²) in [5, 5.41) is 3.30. The molecule has 1 aromatic carbocycles. The van der Waals surface area contributed by atoms with Gasteiger partial charge >= 0.3 is 5.97 Å². The fourth-order valence-corrected chi connectivity index (χ4v) is 2.23. The van der Waals surface area contributed by atoms with Crippen molar-refractivity contribution in [1.29, 1.82) is 0 Å². The van der Waals surface area contributed by atoms with E-state index in [-0.39, 0.29) is 5.97 Å². The molecule has 3 N–H and O–H groups in total. The molecule has 0 spiro atoms. The van der Waals surface area contributed by atoms with Crippen LogP contribution < -0.4 is 11.1 Å². The van der Waals surface area contributed by atoms with Gasteiger partial charge in [-0.3, -0.25) is 4.79 Å². The summed E-state index contributed by atoms with van der Waals surface area (Å²) in [5.74, 6) is -0.370. The van der Waals surface area contributed by atoms with Crippen molar-refractivity contribution in [3.05, 3.63) is 41.5 Å². The Bertz CT molecular complexity index is 466. The lowest BCUT2D eigenvalue weighted by molar-refractivity contribution is -0.142. The fourth-order valence-electron chi connectivity index (χ4n) is 2.23. The van der Waals surface area contributed by atoms with Gasteiger partial charge in [0.25, 0.3) is 0 Å². The molecule has 4 heteroatoms. The summed E-state index contributed by atoms with van der Waals surface area (Å²) in [6, 6.07) is 7.66. The van der Waals surface area contributed by atoms with E-state index in [2.05, 4.69) is 28.3 Å². The van der Waals surface area contributed by atoms with Crippen LogP contribution in [0.2, 0.25) is 0 Å². The van der Waals surface area contributed by atoms with Crippen LogP contribution in [0, 0.1) is 0 Å². The number of rotatable bonds is 4. The minimum atomic E-state index is -0.589. The van der Waals surface area contributed by atoms with E-state index in [4.69, 9.17) is 5.73 Å². The molecule has 0 fully saturated rings. The molecule has 0 bridgehead atoms. The first-order valence-corrected chi connectivity index (χ1v) is 6.53. The van der Waals surface area contributed by atoms with Crippen LogP contribution in [0.1, 0.15) is 17.5 Å². The lowest BCUT2D eigenvalue weighted by atomic mass is 9.97. The van der Waals surface area contributed by atoms with Crippen LogP contribution in [0.3, 0.4) is 0 Å². The zero-order valence-corrected chi connectivity index (χ0v) is 11.2. The lowest BCUT2D eigenvalue weighted by Gasteiger charge is -2.15. The molecule has 1 aromatic rings. The minimum Gasteiger partial charge on any atom is -0.468 e. The molecule has 0 aliphatic carbocycles. The molecule has 1 unspecified atom stereocenters. The highest BCUT2D eigenvalue weighted by atomic mass is 16.5. The predicted octanol–water partition coefficient (Wildman–Crippen LogP) is 1.11. The molecule has 1 aliphatic rings. The second kappa shape index (κ2) is 6.50. The first-order chi connectivity index (χ1) is 9.20. The molecular formula is C15H20N2O2. The zero-order valence-electron chi connectivity index (χ0n) is 11.2. The number of nitrogens with one attached hydrogen (secondary N) is 1. The highest BCUT2D eigenvalue weighted by Gasteiger charge is 2.14. The van der Waals surface area contributed by atoms with Crippen LogP contribution in [0.25, 0.3) is 5.57 Å². The molecule has 4 nitrogen and oxygen atoms in total. The van der Waals surface area contributed by atoms with Crippen molar-refractivity contribution < 1.29 is 9.53 Å². The van der Waals surface area contributed by atoms with Gasteiger partial charge in [-0.2, -0.15) is 0 Å². The molecule has 2 rings (SSSR count). The Balaban J connectivity index is 2.02. The summed E-state index contributed by atoms with van der Waals surface area (Å²) in [6.07, 6.45) is 3.78. The highest BCUT2D eigenvalue weighted by Crippen LogP contribution is 2.20. The lowest BCUT2D eigenvalue weighted by Crippen LogP contribution is -2.33. The number of benzene rings is 1. The second-order valence-electron chi connectivity index (χ2n) is 4.71. The van der Waals surface area contributed by atoms with Gasteiger partial charge in [0, 0.05) is 6.54 Å². The van der Waals surface area contributed by atoms with Gasteiger partial charge in [-0.05, 0) is 36.1 Å². The summed E-state index contributed by atoms with van der Waals surface area (Å²) in [5.41, 5.74) is 9.42. The third-order valence-corrected chi connectivity index (χ3v) is 3.35. The fraction of sp³-hybridized carbons (Fsp3) is 0.400. The summed E-state index contributed by atoms with van der Waals surface area (Å²) in [4.78, 5) is 11.3. The van der Waals surface area contributed by atoms with Crippen LogP contribution in [0.5, 0.6) is 0 Å². The summed E-state index contributed by atoms with van der Waals surface area (Å²) in [6.45, 7) is 1.96.